The molecule has 0 heterocycles. The molecule has 0 bridgehead atoms. The summed E-state index contributed by atoms with van der Waals surface area (Å²) in [5.41, 5.74) is 7.07. The van der Waals surface area contributed by atoms with Crippen molar-refractivity contribution in [3.63, 3.8) is 0 Å². The Hall–Kier alpha value is -0.860. The largest absolute Gasteiger partial charge is 0.386 e. The number of benzene rings is 1. The molecule has 1 atom stereocenters. The van der Waals surface area contributed by atoms with Gasteiger partial charge in [-0.05, 0) is 38.3 Å². The van der Waals surface area contributed by atoms with E-state index in [-0.39, 0.29) is 6.04 Å². The molecular weight excluding hydrogens is 174 g/mol. The summed E-state index contributed by atoms with van der Waals surface area (Å²) in [7, 11) is 0. The summed E-state index contributed by atoms with van der Waals surface area (Å²) in [4.78, 5) is 0. The summed E-state index contributed by atoms with van der Waals surface area (Å²) in [5, 5.41) is 9.94. The van der Waals surface area contributed by atoms with Gasteiger partial charge in [-0.25, -0.2) is 0 Å². The molecule has 1 rings (SSSR count). The van der Waals surface area contributed by atoms with Gasteiger partial charge in [-0.1, -0.05) is 24.3 Å². The highest BCUT2D eigenvalue weighted by Crippen LogP contribution is 2.24. The van der Waals surface area contributed by atoms with Crippen molar-refractivity contribution >= 4 is 0 Å². The van der Waals surface area contributed by atoms with Crippen LogP contribution in [0.3, 0.4) is 0 Å². The van der Waals surface area contributed by atoms with E-state index < -0.39 is 5.60 Å². The maximum absolute atomic E-state index is 9.94. The Balaban J connectivity index is 3.04. The van der Waals surface area contributed by atoms with E-state index in [9.17, 15) is 5.11 Å². The SMILES string of the molecule is CC(N)Cc1ccccc1C(C)(C)O. The second-order valence-corrected chi connectivity index (χ2v) is 4.40. The first kappa shape index (κ1) is 11.2. The quantitative estimate of drug-likeness (QED) is 0.769. The van der Waals surface area contributed by atoms with Crippen LogP contribution in [0.4, 0.5) is 0 Å². The number of hydrogen-bond acceptors (Lipinski definition) is 2. The van der Waals surface area contributed by atoms with E-state index in [1.807, 2.05) is 31.2 Å². The second-order valence-electron chi connectivity index (χ2n) is 4.40. The third-order valence-electron chi connectivity index (χ3n) is 2.22. The van der Waals surface area contributed by atoms with Gasteiger partial charge in [-0.15, -0.1) is 0 Å². The molecule has 2 heteroatoms. The zero-order valence-corrected chi connectivity index (χ0v) is 9.12. The van der Waals surface area contributed by atoms with Gasteiger partial charge < -0.3 is 10.8 Å². The molecule has 0 spiro atoms. The van der Waals surface area contributed by atoms with Crippen molar-refractivity contribution in [3.05, 3.63) is 35.4 Å². The van der Waals surface area contributed by atoms with Gasteiger partial charge >= 0.3 is 0 Å². The van der Waals surface area contributed by atoms with E-state index in [2.05, 4.69) is 0 Å². The predicted molar refractivity (Wildman–Crippen MR) is 59.0 cm³/mol. The lowest BCUT2D eigenvalue weighted by Gasteiger charge is -2.22. The predicted octanol–water partition coefficient (Wildman–Crippen LogP) is 1.80. The van der Waals surface area contributed by atoms with Crippen LogP contribution in [-0.4, -0.2) is 11.1 Å². The van der Waals surface area contributed by atoms with Crippen LogP contribution in [-0.2, 0) is 12.0 Å². The zero-order chi connectivity index (χ0) is 10.8. The minimum atomic E-state index is -0.786. The van der Waals surface area contributed by atoms with Crippen LogP contribution in [0.5, 0.6) is 0 Å². The Morgan fingerprint density at radius 3 is 2.43 bits per heavy atom. The maximum Gasteiger partial charge on any atom is 0.0843 e. The molecule has 0 fully saturated rings. The van der Waals surface area contributed by atoms with E-state index in [0.717, 1.165) is 17.5 Å². The van der Waals surface area contributed by atoms with Crippen LogP contribution in [0.2, 0.25) is 0 Å². The molecule has 1 aromatic carbocycles. The Kier molecular flexibility index (Phi) is 3.29. The van der Waals surface area contributed by atoms with Crippen LogP contribution in [0.15, 0.2) is 24.3 Å². The van der Waals surface area contributed by atoms with Gasteiger partial charge in [0.2, 0.25) is 0 Å². The van der Waals surface area contributed by atoms with Gasteiger partial charge in [0.1, 0.15) is 0 Å². The van der Waals surface area contributed by atoms with Crippen LogP contribution >= 0.6 is 0 Å². The van der Waals surface area contributed by atoms with Crippen LogP contribution in [0.1, 0.15) is 31.9 Å². The maximum atomic E-state index is 9.94. The van der Waals surface area contributed by atoms with Gasteiger partial charge in [0, 0.05) is 6.04 Å². The van der Waals surface area contributed by atoms with Gasteiger partial charge in [-0.2, -0.15) is 0 Å². The Labute approximate surface area is 85.8 Å². The smallest absolute Gasteiger partial charge is 0.0843 e. The van der Waals surface area contributed by atoms with Crippen molar-refractivity contribution in [1.29, 1.82) is 0 Å². The number of rotatable bonds is 3. The second kappa shape index (κ2) is 4.11. The minimum absolute atomic E-state index is 0.124. The van der Waals surface area contributed by atoms with Gasteiger partial charge in [0.25, 0.3) is 0 Å². The zero-order valence-electron chi connectivity index (χ0n) is 9.12. The van der Waals surface area contributed by atoms with Crippen molar-refractivity contribution < 1.29 is 5.11 Å². The summed E-state index contributed by atoms with van der Waals surface area (Å²) in [6.07, 6.45) is 0.806. The summed E-state index contributed by atoms with van der Waals surface area (Å²) in [5.74, 6) is 0. The molecule has 0 saturated carbocycles. The molecule has 2 nitrogen and oxygen atoms in total. The molecule has 0 aliphatic heterocycles. The first-order valence-corrected chi connectivity index (χ1v) is 4.97. The van der Waals surface area contributed by atoms with Crippen molar-refractivity contribution in [2.45, 2.75) is 38.8 Å². The van der Waals surface area contributed by atoms with Crippen molar-refractivity contribution in [2.75, 3.05) is 0 Å². The first-order valence-electron chi connectivity index (χ1n) is 4.97. The fourth-order valence-corrected chi connectivity index (χ4v) is 1.64. The highest BCUT2D eigenvalue weighted by molar-refractivity contribution is 5.31. The number of aliphatic hydroxyl groups is 1. The summed E-state index contributed by atoms with van der Waals surface area (Å²) >= 11 is 0. The monoisotopic (exact) mass is 193 g/mol. The molecule has 1 unspecified atom stereocenters. The van der Waals surface area contributed by atoms with E-state index in [4.69, 9.17) is 5.73 Å². The third-order valence-corrected chi connectivity index (χ3v) is 2.22. The molecule has 14 heavy (non-hydrogen) atoms. The highest BCUT2D eigenvalue weighted by Gasteiger charge is 2.19. The minimum Gasteiger partial charge on any atom is -0.386 e. The summed E-state index contributed by atoms with van der Waals surface area (Å²) < 4.78 is 0. The van der Waals surface area contributed by atoms with Gasteiger partial charge in [-0.3, -0.25) is 0 Å². The lowest BCUT2D eigenvalue weighted by Crippen LogP contribution is -2.23. The average Bonchev–Trinajstić information content (AvgIpc) is 2.01. The molecule has 0 saturated heterocycles. The van der Waals surface area contributed by atoms with E-state index in [0.29, 0.717) is 0 Å². The summed E-state index contributed by atoms with van der Waals surface area (Å²) in [6.45, 7) is 5.57. The van der Waals surface area contributed by atoms with Crippen molar-refractivity contribution in [3.8, 4) is 0 Å². The molecule has 78 valence electrons. The fourth-order valence-electron chi connectivity index (χ4n) is 1.64. The van der Waals surface area contributed by atoms with Crippen molar-refractivity contribution in [2.24, 2.45) is 5.73 Å². The van der Waals surface area contributed by atoms with Crippen molar-refractivity contribution in [1.82, 2.24) is 0 Å². The van der Waals surface area contributed by atoms with Crippen LogP contribution in [0, 0.1) is 0 Å². The molecule has 3 N–H and O–H groups in total. The van der Waals surface area contributed by atoms with E-state index in [1.54, 1.807) is 13.8 Å². The highest BCUT2D eigenvalue weighted by atomic mass is 16.3. The lowest BCUT2D eigenvalue weighted by atomic mass is 9.90. The normalized spacial score (nSPS) is 14.1. The van der Waals surface area contributed by atoms with E-state index in [1.165, 1.54) is 0 Å². The van der Waals surface area contributed by atoms with Crippen LogP contribution in [0.25, 0.3) is 0 Å². The molecule has 1 aromatic rings. The Morgan fingerprint density at radius 2 is 1.93 bits per heavy atom. The standard InChI is InChI=1S/C12H19NO/c1-9(13)8-10-6-4-5-7-11(10)12(2,3)14/h4-7,9,14H,8,13H2,1-3H3. The number of nitrogens with two attached hydrogens (primary N) is 1. The first-order chi connectivity index (χ1) is 6.41. The van der Waals surface area contributed by atoms with Gasteiger partial charge in [0.15, 0.2) is 0 Å². The molecular formula is C12H19NO. The van der Waals surface area contributed by atoms with Crippen LogP contribution < -0.4 is 5.73 Å². The van der Waals surface area contributed by atoms with Gasteiger partial charge in [0.05, 0.1) is 5.60 Å². The molecule has 0 aromatic heterocycles. The third kappa shape index (κ3) is 2.82. The molecule has 0 aliphatic carbocycles. The molecule has 0 radical (unpaired) electrons. The average molecular weight is 193 g/mol. The molecule has 0 aliphatic rings. The van der Waals surface area contributed by atoms with E-state index >= 15 is 0 Å². The fraction of sp³-hybridized carbons (Fsp3) is 0.500. The Morgan fingerprint density at radius 1 is 1.36 bits per heavy atom. The summed E-state index contributed by atoms with van der Waals surface area (Å²) in [6, 6.07) is 8.03. The topological polar surface area (TPSA) is 46.2 Å². The lowest BCUT2D eigenvalue weighted by molar-refractivity contribution is 0.0775. The molecule has 0 amide bonds. The number of hydrogen-bond donors (Lipinski definition) is 2. The Bertz CT molecular complexity index is 299.